The lowest BCUT2D eigenvalue weighted by atomic mass is 10.1. The average Bonchev–Trinajstić information content (AvgIpc) is 3.18. The molecule has 0 saturated heterocycles. The normalized spacial score (nSPS) is 11.8. The van der Waals surface area contributed by atoms with Gasteiger partial charge in [-0.05, 0) is 32.4 Å². The van der Waals surface area contributed by atoms with E-state index in [4.69, 9.17) is 4.42 Å². The molecular weight excluding hydrogens is 322 g/mol. The van der Waals surface area contributed by atoms with Crippen LogP contribution in [0.1, 0.15) is 26.0 Å². The third-order valence-electron chi connectivity index (χ3n) is 3.59. The summed E-state index contributed by atoms with van der Waals surface area (Å²) < 4.78 is 7.54. The molecule has 0 saturated carbocycles. The van der Waals surface area contributed by atoms with Crippen LogP contribution in [0, 0.1) is 0 Å². The van der Waals surface area contributed by atoms with Crippen LogP contribution < -0.4 is 0 Å². The van der Waals surface area contributed by atoms with Crippen LogP contribution >= 0.6 is 11.8 Å². The summed E-state index contributed by atoms with van der Waals surface area (Å²) in [6, 6.07) is 13.8. The van der Waals surface area contributed by atoms with Gasteiger partial charge in [-0.2, -0.15) is 0 Å². The molecule has 0 aliphatic rings. The van der Waals surface area contributed by atoms with E-state index in [1.165, 1.54) is 0 Å². The third-order valence-corrected chi connectivity index (χ3v) is 4.56. The number of aliphatic hydroxyl groups is 1. The molecule has 126 valence electrons. The quantitative estimate of drug-likeness (QED) is 0.660. The summed E-state index contributed by atoms with van der Waals surface area (Å²) in [5.41, 5.74) is 0.340. The monoisotopic (exact) mass is 343 g/mol. The zero-order valence-electron chi connectivity index (χ0n) is 13.8. The molecule has 1 N–H and O–H groups in total. The van der Waals surface area contributed by atoms with Gasteiger partial charge in [-0.15, -0.1) is 10.2 Å². The summed E-state index contributed by atoms with van der Waals surface area (Å²) >= 11 is 1.60. The van der Waals surface area contributed by atoms with E-state index in [-0.39, 0.29) is 0 Å². The van der Waals surface area contributed by atoms with E-state index < -0.39 is 5.60 Å². The van der Waals surface area contributed by atoms with E-state index in [1.54, 1.807) is 18.0 Å². The standard InChI is InChI=1S/C18H21N3O2S/c1-18(2,22)10-12-24-17-20-19-16(14-7-4-3-5-8-14)21(17)13-15-9-6-11-23-15/h3-9,11,22H,10,12-13H2,1-2H3. The fourth-order valence-electron chi connectivity index (χ4n) is 2.29. The highest BCUT2D eigenvalue weighted by Gasteiger charge is 2.17. The lowest BCUT2D eigenvalue weighted by Gasteiger charge is -2.16. The Morgan fingerprint density at radius 2 is 1.92 bits per heavy atom. The first-order chi connectivity index (χ1) is 11.5. The SMILES string of the molecule is CC(C)(O)CCSc1nnc(-c2ccccc2)n1Cc1ccco1. The van der Waals surface area contributed by atoms with Gasteiger partial charge in [0.2, 0.25) is 0 Å². The van der Waals surface area contributed by atoms with E-state index in [9.17, 15) is 5.11 Å². The number of hydrogen-bond donors (Lipinski definition) is 1. The third kappa shape index (κ3) is 4.27. The van der Waals surface area contributed by atoms with Crippen LogP contribution in [0.4, 0.5) is 0 Å². The number of nitrogens with zero attached hydrogens (tertiary/aromatic N) is 3. The second-order valence-electron chi connectivity index (χ2n) is 6.25. The molecule has 0 fully saturated rings. The number of furan rings is 1. The van der Waals surface area contributed by atoms with Gasteiger partial charge in [0, 0.05) is 11.3 Å². The molecule has 0 aliphatic carbocycles. The zero-order valence-corrected chi connectivity index (χ0v) is 14.7. The summed E-state index contributed by atoms with van der Waals surface area (Å²) in [6.45, 7) is 4.21. The molecule has 0 bridgehead atoms. The van der Waals surface area contributed by atoms with Crippen LogP contribution in [-0.2, 0) is 6.54 Å². The van der Waals surface area contributed by atoms with Gasteiger partial charge in [0.25, 0.3) is 0 Å². The van der Waals surface area contributed by atoms with Crippen molar-refractivity contribution in [2.45, 2.75) is 37.6 Å². The van der Waals surface area contributed by atoms with Crippen molar-refractivity contribution in [2.75, 3.05) is 5.75 Å². The topological polar surface area (TPSA) is 64.1 Å². The van der Waals surface area contributed by atoms with Gasteiger partial charge in [0.05, 0.1) is 18.4 Å². The summed E-state index contributed by atoms with van der Waals surface area (Å²) in [6.07, 6.45) is 2.36. The van der Waals surface area contributed by atoms with Gasteiger partial charge in [-0.25, -0.2) is 0 Å². The molecule has 0 unspecified atom stereocenters. The first-order valence-electron chi connectivity index (χ1n) is 7.89. The Labute approximate surface area is 145 Å². The van der Waals surface area contributed by atoms with Crippen molar-refractivity contribution in [3.8, 4) is 11.4 Å². The molecule has 2 heterocycles. The number of aromatic nitrogens is 3. The largest absolute Gasteiger partial charge is 0.467 e. The molecule has 3 aromatic rings. The highest BCUT2D eigenvalue weighted by atomic mass is 32.2. The molecule has 0 spiro atoms. The fourth-order valence-corrected chi connectivity index (χ4v) is 3.48. The average molecular weight is 343 g/mol. The molecule has 0 atom stereocenters. The van der Waals surface area contributed by atoms with Crippen LogP contribution in [0.15, 0.2) is 58.3 Å². The Bertz CT molecular complexity index is 761. The molecule has 0 radical (unpaired) electrons. The Kier molecular flexibility index (Phi) is 5.06. The molecule has 24 heavy (non-hydrogen) atoms. The molecule has 6 heteroatoms. The van der Waals surface area contributed by atoms with Crippen LogP contribution in [0.5, 0.6) is 0 Å². The van der Waals surface area contributed by atoms with Gasteiger partial charge in [0.15, 0.2) is 11.0 Å². The lowest BCUT2D eigenvalue weighted by Crippen LogP contribution is -2.19. The minimum atomic E-state index is -0.679. The molecule has 0 aliphatic heterocycles. The highest BCUT2D eigenvalue weighted by Crippen LogP contribution is 2.26. The van der Waals surface area contributed by atoms with Crippen LogP contribution in [0.3, 0.4) is 0 Å². The van der Waals surface area contributed by atoms with Crippen molar-refractivity contribution in [1.82, 2.24) is 14.8 Å². The molecule has 2 aromatic heterocycles. The number of thioether (sulfide) groups is 1. The zero-order chi connectivity index (χ0) is 17.0. The van der Waals surface area contributed by atoms with Crippen LogP contribution in [0.25, 0.3) is 11.4 Å². The van der Waals surface area contributed by atoms with E-state index in [0.717, 1.165) is 28.1 Å². The van der Waals surface area contributed by atoms with Gasteiger partial charge < -0.3 is 9.52 Å². The number of benzene rings is 1. The second-order valence-corrected chi connectivity index (χ2v) is 7.31. The Hall–Kier alpha value is -2.05. The molecule has 5 nitrogen and oxygen atoms in total. The minimum absolute atomic E-state index is 0.578. The minimum Gasteiger partial charge on any atom is -0.467 e. The van der Waals surface area contributed by atoms with Crippen molar-refractivity contribution in [3.63, 3.8) is 0 Å². The maximum Gasteiger partial charge on any atom is 0.191 e. The van der Waals surface area contributed by atoms with Gasteiger partial charge in [-0.1, -0.05) is 42.1 Å². The predicted octanol–water partition coefficient (Wildman–Crippen LogP) is 3.84. The smallest absolute Gasteiger partial charge is 0.191 e. The summed E-state index contributed by atoms with van der Waals surface area (Å²) in [5.74, 6) is 2.45. The molecule has 1 aromatic carbocycles. The molecule has 0 amide bonds. The molecular formula is C18H21N3O2S. The highest BCUT2D eigenvalue weighted by molar-refractivity contribution is 7.99. The summed E-state index contributed by atoms with van der Waals surface area (Å²) in [7, 11) is 0. The first kappa shape index (κ1) is 16.8. The fraction of sp³-hybridized carbons (Fsp3) is 0.333. The van der Waals surface area contributed by atoms with Crippen molar-refractivity contribution in [2.24, 2.45) is 0 Å². The van der Waals surface area contributed by atoms with Crippen molar-refractivity contribution < 1.29 is 9.52 Å². The predicted molar refractivity (Wildman–Crippen MR) is 94.9 cm³/mol. The lowest BCUT2D eigenvalue weighted by molar-refractivity contribution is 0.0777. The summed E-state index contributed by atoms with van der Waals surface area (Å²) in [4.78, 5) is 0. The number of rotatable bonds is 7. The first-order valence-corrected chi connectivity index (χ1v) is 8.88. The van der Waals surface area contributed by atoms with E-state index in [2.05, 4.69) is 14.8 Å². The van der Waals surface area contributed by atoms with Crippen molar-refractivity contribution in [1.29, 1.82) is 0 Å². The van der Waals surface area contributed by atoms with Crippen LogP contribution in [-0.4, -0.2) is 31.2 Å². The second kappa shape index (κ2) is 7.23. The van der Waals surface area contributed by atoms with E-state index in [0.29, 0.717) is 13.0 Å². The van der Waals surface area contributed by atoms with Gasteiger partial charge in [0.1, 0.15) is 5.76 Å². The number of hydrogen-bond acceptors (Lipinski definition) is 5. The van der Waals surface area contributed by atoms with E-state index >= 15 is 0 Å². The Morgan fingerprint density at radius 3 is 2.58 bits per heavy atom. The van der Waals surface area contributed by atoms with E-state index in [1.807, 2.05) is 56.3 Å². The van der Waals surface area contributed by atoms with Crippen molar-refractivity contribution in [3.05, 3.63) is 54.5 Å². The van der Waals surface area contributed by atoms with Crippen molar-refractivity contribution >= 4 is 11.8 Å². The maximum absolute atomic E-state index is 9.88. The Balaban J connectivity index is 1.86. The van der Waals surface area contributed by atoms with Gasteiger partial charge in [-0.3, -0.25) is 4.57 Å². The Morgan fingerprint density at radius 1 is 1.12 bits per heavy atom. The van der Waals surface area contributed by atoms with Crippen LogP contribution in [0.2, 0.25) is 0 Å². The molecule has 3 rings (SSSR count). The summed E-state index contributed by atoms with van der Waals surface area (Å²) in [5, 5.41) is 19.4. The maximum atomic E-state index is 9.88. The van der Waals surface area contributed by atoms with Gasteiger partial charge >= 0.3 is 0 Å².